The molecule has 18 heavy (non-hydrogen) atoms. The summed E-state index contributed by atoms with van der Waals surface area (Å²) in [5, 5.41) is 1.28. The van der Waals surface area contributed by atoms with Crippen molar-refractivity contribution >= 4 is 10.9 Å². The van der Waals surface area contributed by atoms with E-state index in [-0.39, 0.29) is 0 Å². The van der Waals surface area contributed by atoms with E-state index < -0.39 is 0 Å². The number of para-hydroxylation sites is 2. The molecule has 90 valence electrons. The van der Waals surface area contributed by atoms with Crippen LogP contribution in [0.5, 0.6) is 5.75 Å². The highest BCUT2D eigenvalue weighted by Crippen LogP contribution is 2.15. The summed E-state index contributed by atoms with van der Waals surface area (Å²) in [6, 6.07) is 20.5. The second-order valence-corrected chi connectivity index (χ2v) is 4.23. The molecule has 0 fully saturated rings. The summed E-state index contributed by atoms with van der Waals surface area (Å²) in [6.07, 6.45) is 2.11. The highest BCUT2D eigenvalue weighted by Gasteiger charge is 1.99. The first-order valence-corrected chi connectivity index (χ1v) is 6.15. The summed E-state index contributed by atoms with van der Waals surface area (Å²) in [7, 11) is 0. The Balaban J connectivity index is 1.67. The molecule has 0 amide bonds. The van der Waals surface area contributed by atoms with Crippen LogP contribution < -0.4 is 4.74 Å². The standard InChI is InChI=1S/C16H15NO/c1-2-7-15(8-3-1)18-13-12-17-11-10-14-6-4-5-9-16(14)17/h1-11H,12-13H2. The quantitative estimate of drug-likeness (QED) is 0.674. The van der Waals surface area contributed by atoms with E-state index in [1.165, 1.54) is 10.9 Å². The fourth-order valence-corrected chi connectivity index (χ4v) is 2.11. The molecule has 0 atom stereocenters. The lowest BCUT2D eigenvalue weighted by atomic mass is 10.2. The van der Waals surface area contributed by atoms with Gasteiger partial charge in [-0.25, -0.2) is 0 Å². The minimum atomic E-state index is 0.683. The Kier molecular flexibility index (Phi) is 3.01. The van der Waals surface area contributed by atoms with Crippen LogP contribution in [0.2, 0.25) is 0 Å². The van der Waals surface area contributed by atoms with Crippen molar-refractivity contribution in [3.63, 3.8) is 0 Å². The molecule has 0 saturated heterocycles. The Morgan fingerprint density at radius 3 is 2.50 bits per heavy atom. The zero-order valence-corrected chi connectivity index (χ0v) is 10.1. The zero-order valence-electron chi connectivity index (χ0n) is 10.1. The van der Waals surface area contributed by atoms with Gasteiger partial charge in [-0.1, -0.05) is 36.4 Å². The molecule has 0 spiro atoms. The molecule has 2 aromatic carbocycles. The van der Waals surface area contributed by atoms with Gasteiger partial charge in [-0.15, -0.1) is 0 Å². The van der Waals surface area contributed by atoms with E-state index in [9.17, 15) is 0 Å². The van der Waals surface area contributed by atoms with Crippen molar-refractivity contribution in [3.8, 4) is 5.75 Å². The second kappa shape index (κ2) is 4.96. The number of rotatable bonds is 4. The average Bonchev–Trinajstić information content (AvgIpc) is 2.84. The fourth-order valence-electron chi connectivity index (χ4n) is 2.11. The number of benzene rings is 2. The van der Waals surface area contributed by atoms with Gasteiger partial charge in [0.05, 0.1) is 6.54 Å². The van der Waals surface area contributed by atoms with Crippen molar-refractivity contribution in [1.82, 2.24) is 4.57 Å². The van der Waals surface area contributed by atoms with Gasteiger partial charge in [0.1, 0.15) is 12.4 Å². The summed E-state index contributed by atoms with van der Waals surface area (Å²) >= 11 is 0. The number of hydrogen-bond donors (Lipinski definition) is 0. The van der Waals surface area contributed by atoms with E-state index in [1.54, 1.807) is 0 Å². The monoisotopic (exact) mass is 237 g/mol. The largest absolute Gasteiger partial charge is 0.492 e. The Bertz CT molecular complexity index is 628. The molecule has 0 bridgehead atoms. The molecule has 3 rings (SSSR count). The van der Waals surface area contributed by atoms with Crippen LogP contribution in [0.1, 0.15) is 0 Å². The summed E-state index contributed by atoms with van der Waals surface area (Å²) < 4.78 is 7.93. The van der Waals surface area contributed by atoms with Crippen LogP contribution >= 0.6 is 0 Å². The fraction of sp³-hybridized carbons (Fsp3) is 0.125. The van der Waals surface area contributed by atoms with E-state index in [2.05, 4.69) is 41.1 Å². The van der Waals surface area contributed by atoms with E-state index in [0.717, 1.165) is 12.3 Å². The molecule has 0 aliphatic heterocycles. The van der Waals surface area contributed by atoms with Crippen molar-refractivity contribution in [2.75, 3.05) is 6.61 Å². The van der Waals surface area contributed by atoms with Gasteiger partial charge in [-0.2, -0.15) is 0 Å². The van der Waals surface area contributed by atoms with Gasteiger partial charge < -0.3 is 9.30 Å². The Morgan fingerprint density at radius 2 is 1.61 bits per heavy atom. The normalized spacial score (nSPS) is 10.7. The van der Waals surface area contributed by atoms with Gasteiger partial charge in [0.2, 0.25) is 0 Å². The highest BCUT2D eigenvalue weighted by atomic mass is 16.5. The van der Waals surface area contributed by atoms with Gasteiger partial charge in [0, 0.05) is 11.7 Å². The first-order chi connectivity index (χ1) is 8.93. The molecule has 2 heteroatoms. The van der Waals surface area contributed by atoms with Crippen LogP contribution in [-0.4, -0.2) is 11.2 Å². The molecule has 0 aliphatic rings. The Labute approximate surface area is 106 Å². The molecule has 0 aliphatic carbocycles. The third-order valence-corrected chi connectivity index (χ3v) is 3.02. The predicted octanol–water partition coefficient (Wildman–Crippen LogP) is 3.72. The summed E-state index contributed by atoms with van der Waals surface area (Å²) in [6.45, 7) is 1.55. The maximum Gasteiger partial charge on any atom is 0.119 e. The molecule has 2 nitrogen and oxygen atoms in total. The lowest BCUT2D eigenvalue weighted by molar-refractivity contribution is 0.300. The molecular weight excluding hydrogens is 222 g/mol. The first-order valence-electron chi connectivity index (χ1n) is 6.15. The second-order valence-electron chi connectivity index (χ2n) is 4.23. The van der Waals surface area contributed by atoms with Gasteiger partial charge >= 0.3 is 0 Å². The maximum absolute atomic E-state index is 5.71. The molecule has 0 unspecified atom stereocenters. The van der Waals surface area contributed by atoms with Crippen molar-refractivity contribution in [2.45, 2.75) is 6.54 Å². The molecular formula is C16H15NO. The topological polar surface area (TPSA) is 14.2 Å². The molecule has 1 aromatic heterocycles. The first kappa shape index (κ1) is 10.9. The minimum Gasteiger partial charge on any atom is -0.492 e. The number of fused-ring (bicyclic) bond motifs is 1. The van der Waals surface area contributed by atoms with E-state index >= 15 is 0 Å². The van der Waals surface area contributed by atoms with Crippen LogP contribution in [-0.2, 0) is 6.54 Å². The van der Waals surface area contributed by atoms with E-state index in [1.807, 2.05) is 30.3 Å². The Morgan fingerprint density at radius 1 is 0.833 bits per heavy atom. The van der Waals surface area contributed by atoms with Crippen molar-refractivity contribution < 1.29 is 4.74 Å². The number of hydrogen-bond acceptors (Lipinski definition) is 1. The van der Waals surface area contributed by atoms with Crippen LogP contribution in [0, 0.1) is 0 Å². The minimum absolute atomic E-state index is 0.683. The SMILES string of the molecule is c1ccc(OCCn2ccc3ccccc32)cc1. The summed E-state index contributed by atoms with van der Waals surface area (Å²) in [4.78, 5) is 0. The van der Waals surface area contributed by atoms with Gasteiger partial charge in [-0.05, 0) is 29.7 Å². The Hall–Kier alpha value is -2.22. The number of ether oxygens (including phenoxy) is 1. The molecule has 0 N–H and O–H groups in total. The van der Waals surface area contributed by atoms with Crippen molar-refractivity contribution in [2.24, 2.45) is 0 Å². The van der Waals surface area contributed by atoms with Gasteiger partial charge in [0.25, 0.3) is 0 Å². The maximum atomic E-state index is 5.71. The third-order valence-electron chi connectivity index (χ3n) is 3.02. The van der Waals surface area contributed by atoms with E-state index in [4.69, 9.17) is 4.74 Å². The smallest absolute Gasteiger partial charge is 0.119 e. The molecule has 3 aromatic rings. The lowest BCUT2D eigenvalue weighted by Crippen LogP contribution is -2.06. The average molecular weight is 237 g/mol. The van der Waals surface area contributed by atoms with Gasteiger partial charge in [0.15, 0.2) is 0 Å². The van der Waals surface area contributed by atoms with Crippen LogP contribution in [0.3, 0.4) is 0 Å². The lowest BCUT2D eigenvalue weighted by Gasteiger charge is -2.08. The van der Waals surface area contributed by atoms with Crippen molar-refractivity contribution in [3.05, 3.63) is 66.9 Å². The number of nitrogens with zero attached hydrogens (tertiary/aromatic N) is 1. The molecule has 0 saturated carbocycles. The van der Waals surface area contributed by atoms with Crippen LogP contribution in [0.25, 0.3) is 10.9 Å². The molecule has 0 radical (unpaired) electrons. The number of aromatic nitrogens is 1. The van der Waals surface area contributed by atoms with Crippen LogP contribution in [0.15, 0.2) is 66.9 Å². The summed E-state index contributed by atoms with van der Waals surface area (Å²) in [5.74, 6) is 0.925. The third kappa shape index (κ3) is 2.23. The predicted molar refractivity (Wildman–Crippen MR) is 73.9 cm³/mol. The molecule has 1 heterocycles. The summed E-state index contributed by atoms with van der Waals surface area (Å²) in [5.41, 5.74) is 1.26. The van der Waals surface area contributed by atoms with E-state index in [0.29, 0.717) is 6.61 Å². The highest BCUT2D eigenvalue weighted by molar-refractivity contribution is 5.79. The van der Waals surface area contributed by atoms with Gasteiger partial charge in [-0.3, -0.25) is 0 Å². The van der Waals surface area contributed by atoms with Crippen molar-refractivity contribution in [1.29, 1.82) is 0 Å². The zero-order chi connectivity index (χ0) is 12.2. The van der Waals surface area contributed by atoms with Crippen LogP contribution in [0.4, 0.5) is 0 Å².